The lowest BCUT2D eigenvalue weighted by Gasteiger charge is -2.33. The summed E-state index contributed by atoms with van der Waals surface area (Å²) < 4.78 is 62.6. The van der Waals surface area contributed by atoms with Crippen LogP contribution in [0.5, 0.6) is 0 Å². The van der Waals surface area contributed by atoms with Crippen LogP contribution < -0.4 is 4.42 Å². The van der Waals surface area contributed by atoms with E-state index in [1.54, 1.807) is 0 Å². The second-order valence-corrected chi connectivity index (χ2v) is 7.32. The average molecular weight is 359 g/mol. The second-order valence-electron chi connectivity index (χ2n) is 4.97. The molecule has 1 aliphatic rings. The normalized spacial score (nSPS) is 18.4. The van der Waals surface area contributed by atoms with Crippen LogP contribution in [-0.2, 0) is 16.2 Å². The molecule has 0 unspecified atom stereocenters. The van der Waals surface area contributed by atoms with Gasteiger partial charge in [-0.25, -0.2) is 27.1 Å². The lowest BCUT2D eigenvalue weighted by molar-refractivity contribution is -0.138. The van der Waals surface area contributed by atoms with Crippen LogP contribution >= 0.6 is 11.8 Å². The lowest BCUT2D eigenvalue weighted by atomic mass is 10.1. The van der Waals surface area contributed by atoms with Crippen LogP contribution in [0.3, 0.4) is 0 Å². The minimum absolute atomic E-state index is 0.0347. The fourth-order valence-corrected chi connectivity index (χ4v) is 3.30. The highest BCUT2D eigenvalue weighted by molar-refractivity contribution is 7.88. The first-order valence-corrected chi connectivity index (χ1v) is 8.57. The Morgan fingerprint density at radius 3 is 2.18 bits per heavy atom. The smallest absolute Gasteiger partial charge is 0.250 e. The van der Waals surface area contributed by atoms with E-state index in [0.717, 1.165) is 6.26 Å². The highest BCUT2D eigenvalue weighted by atomic mass is 35.5. The lowest BCUT2D eigenvalue weighted by Crippen LogP contribution is -2.44. The molecule has 124 valence electrons. The van der Waals surface area contributed by atoms with Crippen LogP contribution in [0.1, 0.15) is 18.4 Å². The van der Waals surface area contributed by atoms with E-state index in [1.807, 2.05) is 0 Å². The van der Waals surface area contributed by atoms with Crippen LogP contribution in [-0.4, -0.2) is 48.1 Å². The van der Waals surface area contributed by atoms with Crippen molar-refractivity contribution in [2.45, 2.75) is 25.1 Å². The fourth-order valence-electron chi connectivity index (χ4n) is 2.14. The molecule has 0 aromatic carbocycles. The van der Waals surface area contributed by atoms with Crippen molar-refractivity contribution in [2.24, 2.45) is 0 Å². The highest BCUT2D eigenvalue weighted by Gasteiger charge is 2.33. The third kappa shape index (κ3) is 3.99. The highest BCUT2D eigenvalue weighted by Crippen LogP contribution is 2.29. The molecule has 6 nitrogen and oxygen atoms in total. The topological polar surface area (TPSA) is 66.4 Å². The number of aromatic nitrogens is 2. The number of piperidine rings is 1. The summed E-state index contributed by atoms with van der Waals surface area (Å²) in [4.78, 5) is 7.24. The van der Waals surface area contributed by atoms with Gasteiger partial charge in [0, 0.05) is 37.3 Å². The van der Waals surface area contributed by atoms with E-state index in [4.69, 9.17) is 11.8 Å². The van der Waals surface area contributed by atoms with E-state index in [1.165, 1.54) is 8.72 Å². The van der Waals surface area contributed by atoms with Gasteiger partial charge >= 0.3 is 6.18 Å². The van der Waals surface area contributed by atoms with Crippen LogP contribution in [0.2, 0.25) is 0 Å². The number of halogens is 4. The summed E-state index contributed by atoms with van der Waals surface area (Å²) in [7, 11) is -3.25. The summed E-state index contributed by atoms with van der Waals surface area (Å²) in [6, 6.07) is -0.239. The molecular weight excluding hydrogens is 345 g/mol. The molecule has 1 saturated heterocycles. The first kappa shape index (κ1) is 17.2. The molecule has 22 heavy (non-hydrogen) atoms. The Morgan fingerprint density at radius 2 is 1.77 bits per heavy atom. The predicted molar refractivity (Wildman–Crippen MR) is 74.8 cm³/mol. The second kappa shape index (κ2) is 6.17. The Balaban J connectivity index is 2.02. The molecule has 0 amide bonds. The minimum Gasteiger partial charge on any atom is -0.250 e. The zero-order valence-corrected chi connectivity index (χ0v) is 13.2. The zero-order valence-electron chi connectivity index (χ0n) is 11.6. The third-order valence-corrected chi connectivity index (χ3v) is 5.10. The van der Waals surface area contributed by atoms with Crippen molar-refractivity contribution < 1.29 is 21.6 Å². The molecule has 0 aliphatic carbocycles. The molecule has 2 rings (SSSR count). The van der Waals surface area contributed by atoms with Gasteiger partial charge in [-0.2, -0.15) is 13.2 Å². The molecule has 11 heteroatoms. The minimum atomic E-state index is -4.50. The number of sulfonamides is 1. The molecule has 0 bridgehead atoms. The molecule has 0 spiro atoms. The standard InChI is InChI=1S/C11H14ClF3N4O2S/c1-22(20,21)18-4-2-9(3-5-18)19(12)10-16-6-8(7-17-10)11(13,14)15/h6-7,9H,2-5H2,1H3. The maximum atomic E-state index is 12.4. The Hall–Kier alpha value is -1.13. The quantitative estimate of drug-likeness (QED) is 0.772. The van der Waals surface area contributed by atoms with E-state index < -0.39 is 21.8 Å². The number of nitrogens with zero attached hydrogens (tertiary/aromatic N) is 4. The van der Waals surface area contributed by atoms with Crippen molar-refractivity contribution in [3.8, 4) is 0 Å². The number of hydrogen-bond donors (Lipinski definition) is 0. The predicted octanol–water partition coefficient (Wildman–Crippen LogP) is 1.88. The zero-order chi connectivity index (χ0) is 16.5. The van der Waals surface area contributed by atoms with E-state index in [2.05, 4.69) is 9.97 Å². The third-order valence-electron chi connectivity index (χ3n) is 3.37. The van der Waals surface area contributed by atoms with Crippen LogP contribution in [0.25, 0.3) is 0 Å². The first-order valence-electron chi connectivity index (χ1n) is 6.38. The Kier molecular flexibility index (Phi) is 4.83. The van der Waals surface area contributed by atoms with Crippen molar-refractivity contribution in [3.05, 3.63) is 18.0 Å². The summed E-state index contributed by atoms with van der Waals surface area (Å²) in [5.41, 5.74) is -0.951. The number of rotatable bonds is 3. The SMILES string of the molecule is CS(=O)(=O)N1CCC(N(Cl)c2ncc(C(F)(F)F)cn2)CC1. The van der Waals surface area contributed by atoms with Gasteiger partial charge in [0.15, 0.2) is 0 Å². The maximum Gasteiger partial charge on any atom is 0.419 e. The number of anilines is 1. The van der Waals surface area contributed by atoms with Crippen LogP contribution in [0, 0.1) is 0 Å². The van der Waals surface area contributed by atoms with Crippen molar-refractivity contribution in [3.63, 3.8) is 0 Å². The van der Waals surface area contributed by atoms with E-state index >= 15 is 0 Å². The molecule has 0 saturated carbocycles. The maximum absolute atomic E-state index is 12.4. The van der Waals surface area contributed by atoms with Gasteiger partial charge in [-0.1, -0.05) is 0 Å². The Labute approximate surface area is 131 Å². The van der Waals surface area contributed by atoms with E-state index in [-0.39, 0.29) is 12.0 Å². The van der Waals surface area contributed by atoms with Gasteiger partial charge in [-0.15, -0.1) is 0 Å². The number of hydrogen-bond acceptors (Lipinski definition) is 5. The van der Waals surface area contributed by atoms with Crippen molar-refractivity contribution in [1.82, 2.24) is 14.3 Å². The summed E-state index contributed by atoms with van der Waals surface area (Å²) >= 11 is 6.07. The molecule has 1 aliphatic heterocycles. The van der Waals surface area contributed by atoms with Gasteiger partial charge in [0.2, 0.25) is 16.0 Å². The Bertz CT molecular complexity index is 615. The molecule has 1 aromatic rings. The van der Waals surface area contributed by atoms with Gasteiger partial charge in [0.1, 0.15) is 0 Å². The molecular formula is C11H14ClF3N4O2S. The van der Waals surface area contributed by atoms with Crippen molar-refractivity contribution >= 4 is 27.7 Å². The first-order chi connectivity index (χ1) is 10.1. The summed E-state index contributed by atoms with van der Waals surface area (Å²) in [6.07, 6.45) is -1.14. The van der Waals surface area contributed by atoms with E-state index in [9.17, 15) is 21.6 Å². The van der Waals surface area contributed by atoms with Gasteiger partial charge in [-0.05, 0) is 12.8 Å². The summed E-state index contributed by atoms with van der Waals surface area (Å²) in [5.74, 6) is -0.0347. The fraction of sp³-hybridized carbons (Fsp3) is 0.636. The average Bonchev–Trinajstić information content (AvgIpc) is 2.45. The monoisotopic (exact) mass is 358 g/mol. The molecule has 2 heterocycles. The van der Waals surface area contributed by atoms with Gasteiger partial charge < -0.3 is 0 Å². The van der Waals surface area contributed by atoms with E-state index in [0.29, 0.717) is 38.3 Å². The van der Waals surface area contributed by atoms with Crippen LogP contribution in [0.15, 0.2) is 12.4 Å². The largest absolute Gasteiger partial charge is 0.419 e. The van der Waals surface area contributed by atoms with Crippen molar-refractivity contribution in [1.29, 1.82) is 0 Å². The molecule has 0 atom stereocenters. The molecule has 0 N–H and O–H groups in total. The summed E-state index contributed by atoms with van der Waals surface area (Å²) in [6.45, 7) is 0.598. The molecule has 0 radical (unpaired) electrons. The van der Waals surface area contributed by atoms with Gasteiger partial charge in [0.05, 0.1) is 17.9 Å². The van der Waals surface area contributed by atoms with Gasteiger partial charge in [0.25, 0.3) is 0 Å². The van der Waals surface area contributed by atoms with Crippen LogP contribution in [0.4, 0.5) is 19.1 Å². The summed E-state index contributed by atoms with van der Waals surface area (Å²) in [5, 5.41) is 0. The molecule has 1 fully saturated rings. The Morgan fingerprint density at radius 1 is 1.27 bits per heavy atom. The number of alkyl halides is 3. The van der Waals surface area contributed by atoms with Crippen molar-refractivity contribution in [2.75, 3.05) is 23.8 Å². The van der Waals surface area contributed by atoms with Gasteiger partial charge in [-0.3, -0.25) is 0 Å². The molecule has 1 aromatic heterocycles.